The van der Waals surface area contributed by atoms with Gasteiger partial charge in [-0.1, -0.05) is 6.07 Å². The smallest absolute Gasteiger partial charge is 0.164 e. The molecular formula is C13H19NO3. The molecule has 4 heteroatoms. The summed E-state index contributed by atoms with van der Waals surface area (Å²) in [5, 5.41) is 13.5. The van der Waals surface area contributed by atoms with Gasteiger partial charge in [0, 0.05) is 18.7 Å². The molecule has 0 aromatic heterocycles. The van der Waals surface area contributed by atoms with Crippen molar-refractivity contribution in [1.29, 1.82) is 0 Å². The first-order valence-electron chi connectivity index (χ1n) is 5.84. The molecule has 2 rings (SSSR count). The summed E-state index contributed by atoms with van der Waals surface area (Å²) in [6.07, 6.45) is -0.0988. The number of aromatic hydroxyl groups is 1. The van der Waals surface area contributed by atoms with E-state index in [1.807, 2.05) is 19.9 Å². The lowest BCUT2D eigenvalue weighted by atomic mass is 9.98. The largest absolute Gasteiger partial charge is 0.504 e. The average Bonchev–Trinajstić information content (AvgIpc) is 2.30. The first kappa shape index (κ1) is 12.2. The van der Waals surface area contributed by atoms with Gasteiger partial charge in [0.15, 0.2) is 11.5 Å². The molecule has 0 spiro atoms. The molecule has 4 nitrogen and oxygen atoms in total. The van der Waals surface area contributed by atoms with Gasteiger partial charge in [0.1, 0.15) is 0 Å². The van der Waals surface area contributed by atoms with E-state index in [2.05, 4.69) is 5.32 Å². The normalized spacial score (nSPS) is 20.3. The topological polar surface area (TPSA) is 50.7 Å². The van der Waals surface area contributed by atoms with Crippen LogP contribution in [0, 0.1) is 13.8 Å². The second-order valence-corrected chi connectivity index (χ2v) is 4.37. The fraction of sp³-hybridized carbons (Fsp3) is 0.538. The lowest BCUT2D eigenvalue weighted by Crippen LogP contribution is -2.33. The third kappa shape index (κ3) is 2.23. The Bertz CT molecular complexity index is 412. The molecule has 1 atom stereocenters. The van der Waals surface area contributed by atoms with E-state index in [1.165, 1.54) is 0 Å². The standard InChI is InChI=1S/C13H19NO3/c1-8-6-9(2)13(16-3)12(15)11(8)10-7-14-4-5-17-10/h6,10,14-15H,4-5,7H2,1-3H3. The van der Waals surface area contributed by atoms with E-state index in [9.17, 15) is 5.11 Å². The lowest BCUT2D eigenvalue weighted by Gasteiger charge is -2.27. The van der Waals surface area contributed by atoms with Crippen molar-refractivity contribution in [3.05, 3.63) is 22.8 Å². The van der Waals surface area contributed by atoms with Crippen LogP contribution < -0.4 is 10.1 Å². The van der Waals surface area contributed by atoms with E-state index < -0.39 is 0 Å². The maximum atomic E-state index is 10.3. The number of hydrogen-bond donors (Lipinski definition) is 2. The fourth-order valence-electron chi connectivity index (χ4n) is 2.38. The molecule has 1 unspecified atom stereocenters. The molecule has 0 saturated carbocycles. The number of nitrogens with one attached hydrogen (secondary N) is 1. The third-order valence-electron chi connectivity index (χ3n) is 3.14. The minimum absolute atomic E-state index is 0.0988. The summed E-state index contributed by atoms with van der Waals surface area (Å²) in [5.41, 5.74) is 2.81. The first-order chi connectivity index (χ1) is 8.15. The van der Waals surface area contributed by atoms with Gasteiger partial charge in [0.25, 0.3) is 0 Å². The summed E-state index contributed by atoms with van der Waals surface area (Å²) in [4.78, 5) is 0. The van der Waals surface area contributed by atoms with Gasteiger partial charge in [0.05, 0.1) is 19.8 Å². The molecule has 0 bridgehead atoms. The van der Waals surface area contributed by atoms with E-state index in [1.54, 1.807) is 7.11 Å². The van der Waals surface area contributed by atoms with Crippen LogP contribution in [0.1, 0.15) is 22.8 Å². The van der Waals surface area contributed by atoms with Crippen LogP contribution in [0.25, 0.3) is 0 Å². The number of benzene rings is 1. The number of phenols is 1. The molecule has 2 N–H and O–H groups in total. The summed E-state index contributed by atoms with van der Waals surface area (Å²) in [6, 6.07) is 2.02. The SMILES string of the molecule is COc1c(C)cc(C)c(C2CNCCO2)c1O. The van der Waals surface area contributed by atoms with Crippen LogP contribution in [0.15, 0.2) is 6.07 Å². The summed E-state index contributed by atoms with van der Waals surface area (Å²) < 4.78 is 10.9. The molecule has 1 aromatic carbocycles. The Morgan fingerprint density at radius 2 is 2.18 bits per heavy atom. The van der Waals surface area contributed by atoms with Gasteiger partial charge in [-0.3, -0.25) is 0 Å². The Kier molecular flexibility index (Phi) is 3.54. The summed E-state index contributed by atoms with van der Waals surface area (Å²) in [7, 11) is 1.57. The van der Waals surface area contributed by atoms with Crippen LogP contribution in [0.2, 0.25) is 0 Å². The summed E-state index contributed by atoms with van der Waals surface area (Å²) >= 11 is 0. The number of rotatable bonds is 2. The minimum Gasteiger partial charge on any atom is -0.504 e. The van der Waals surface area contributed by atoms with Gasteiger partial charge < -0.3 is 19.9 Å². The Hall–Kier alpha value is -1.26. The van der Waals surface area contributed by atoms with Gasteiger partial charge in [-0.25, -0.2) is 0 Å². The molecule has 1 aliphatic rings. The second kappa shape index (κ2) is 4.94. The van der Waals surface area contributed by atoms with Gasteiger partial charge in [-0.2, -0.15) is 0 Å². The van der Waals surface area contributed by atoms with Crippen molar-refractivity contribution in [1.82, 2.24) is 5.32 Å². The van der Waals surface area contributed by atoms with E-state index in [-0.39, 0.29) is 11.9 Å². The van der Waals surface area contributed by atoms with Crippen LogP contribution in [-0.2, 0) is 4.74 Å². The molecule has 0 amide bonds. The zero-order valence-corrected chi connectivity index (χ0v) is 10.5. The number of aryl methyl sites for hydroxylation is 2. The van der Waals surface area contributed by atoms with E-state index >= 15 is 0 Å². The highest BCUT2D eigenvalue weighted by Crippen LogP contribution is 2.40. The molecule has 1 aromatic rings. The highest BCUT2D eigenvalue weighted by Gasteiger charge is 2.24. The van der Waals surface area contributed by atoms with Crippen molar-refractivity contribution in [3.63, 3.8) is 0 Å². The van der Waals surface area contributed by atoms with Gasteiger partial charge in [0.2, 0.25) is 0 Å². The van der Waals surface area contributed by atoms with Gasteiger partial charge in [-0.05, 0) is 25.0 Å². The van der Waals surface area contributed by atoms with Crippen LogP contribution >= 0.6 is 0 Å². The summed E-state index contributed by atoms with van der Waals surface area (Å²) in [6.45, 7) is 6.16. The van der Waals surface area contributed by atoms with Crippen LogP contribution in [0.4, 0.5) is 0 Å². The number of hydrogen-bond acceptors (Lipinski definition) is 4. The first-order valence-corrected chi connectivity index (χ1v) is 5.84. The summed E-state index contributed by atoms with van der Waals surface area (Å²) in [5.74, 6) is 0.749. The second-order valence-electron chi connectivity index (χ2n) is 4.37. The molecule has 1 saturated heterocycles. The molecule has 17 heavy (non-hydrogen) atoms. The Labute approximate surface area is 102 Å². The number of morpholine rings is 1. The molecule has 1 aliphatic heterocycles. The van der Waals surface area contributed by atoms with Crippen molar-refractivity contribution in [3.8, 4) is 11.5 Å². The molecule has 94 valence electrons. The Morgan fingerprint density at radius 3 is 2.76 bits per heavy atom. The zero-order valence-electron chi connectivity index (χ0n) is 10.5. The average molecular weight is 237 g/mol. The fourth-order valence-corrected chi connectivity index (χ4v) is 2.38. The van der Waals surface area contributed by atoms with E-state index in [0.717, 1.165) is 29.8 Å². The van der Waals surface area contributed by atoms with Crippen LogP contribution in [0.5, 0.6) is 11.5 Å². The Morgan fingerprint density at radius 1 is 1.41 bits per heavy atom. The predicted molar refractivity (Wildman–Crippen MR) is 65.7 cm³/mol. The Balaban J connectivity index is 2.44. The quantitative estimate of drug-likeness (QED) is 0.821. The molecule has 1 heterocycles. The van der Waals surface area contributed by atoms with Crippen LogP contribution in [-0.4, -0.2) is 31.9 Å². The highest BCUT2D eigenvalue weighted by atomic mass is 16.5. The van der Waals surface area contributed by atoms with Gasteiger partial charge in [-0.15, -0.1) is 0 Å². The van der Waals surface area contributed by atoms with E-state index in [4.69, 9.17) is 9.47 Å². The van der Waals surface area contributed by atoms with Crippen molar-refractivity contribution >= 4 is 0 Å². The molecule has 0 aliphatic carbocycles. The minimum atomic E-state index is -0.0988. The number of ether oxygens (including phenoxy) is 2. The lowest BCUT2D eigenvalue weighted by molar-refractivity contribution is 0.0257. The van der Waals surface area contributed by atoms with Crippen molar-refractivity contribution < 1.29 is 14.6 Å². The van der Waals surface area contributed by atoms with Crippen molar-refractivity contribution in [2.24, 2.45) is 0 Å². The molecule has 0 radical (unpaired) electrons. The molecular weight excluding hydrogens is 218 g/mol. The highest BCUT2D eigenvalue weighted by molar-refractivity contribution is 5.55. The maximum absolute atomic E-state index is 10.3. The number of phenolic OH excluding ortho intramolecular Hbond substituents is 1. The third-order valence-corrected chi connectivity index (χ3v) is 3.14. The van der Waals surface area contributed by atoms with Crippen molar-refractivity contribution in [2.45, 2.75) is 20.0 Å². The number of methoxy groups -OCH3 is 1. The van der Waals surface area contributed by atoms with Crippen molar-refractivity contribution in [2.75, 3.05) is 26.8 Å². The van der Waals surface area contributed by atoms with E-state index in [0.29, 0.717) is 12.4 Å². The van der Waals surface area contributed by atoms with Gasteiger partial charge >= 0.3 is 0 Å². The zero-order chi connectivity index (χ0) is 12.4. The van der Waals surface area contributed by atoms with Crippen LogP contribution in [0.3, 0.4) is 0 Å². The monoisotopic (exact) mass is 237 g/mol. The molecule has 1 fully saturated rings. The maximum Gasteiger partial charge on any atom is 0.164 e. The predicted octanol–water partition coefficient (Wildman–Crippen LogP) is 1.68.